The number of hydrogen-bond donors (Lipinski definition) is 1. The summed E-state index contributed by atoms with van der Waals surface area (Å²) in [4.78, 5) is 19.7. The van der Waals surface area contributed by atoms with Gasteiger partial charge in [0.2, 0.25) is 10.0 Å². The third-order valence-electron chi connectivity index (χ3n) is 5.15. The highest BCUT2D eigenvalue weighted by atomic mass is 32.2. The number of nitrogens with zero attached hydrogens (tertiary/aromatic N) is 5. The van der Waals surface area contributed by atoms with Crippen LogP contribution in [-0.4, -0.2) is 41.7 Å². The molecule has 33 heavy (non-hydrogen) atoms. The van der Waals surface area contributed by atoms with Gasteiger partial charge in [0.25, 0.3) is 0 Å². The molecule has 0 aliphatic rings. The zero-order valence-electron chi connectivity index (χ0n) is 18.3. The summed E-state index contributed by atoms with van der Waals surface area (Å²) in [5.74, 6) is 0.929. The maximum absolute atomic E-state index is 11.7. The zero-order valence-corrected chi connectivity index (χ0v) is 19.1. The molecule has 168 valence electrons. The lowest BCUT2D eigenvalue weighted by Gasteiger charge is -2.23. The Balaban J connectivity index is 1.74. The highest BCUT2D eigenvalue weighted by Gasteiger charge is 2.21. The molecule has 0 saturated heterocycles. The summed E-state index contributed by atoms with van der Waals surface area (Å²) in [5, 5.41) is 0. The summed E-state index contributed by atoms with van der Waals surface area (Å²) in [6.45, 7) is 0. The summed E-state index contributed by atoms with van der Waals surface area (Å²) >= 11 is 0. The molecule has 0 fully saturated rings. The molecule has 0 radical (unpaired) electrons. The minimum atomic E-state index is -3.44. The van der Waals surface area contributed by atoms with Gasteiger partial charge in [0, 0.05) is 37.8 Å². The number of nitrogens with one attached hydrogen (secondary N) is 1. The molecule has 1 unspecified atom stereocenters. The van der Waals surface area contributed by atoms with Gasteiger partial charge in [-0.3, -0.25) is 14.7 Å². The summed E-state index contributed by atoms with van der Waals surface area (Å²) in [7, 11) is -1.48. The second-order valence-electron chi connectivity index (χ2n) is 7.62. The van der Waals surface area contributed by atoms with E-state index in [1.807, 2.05) is 60.6 Å². The van der Waals surface area contributed by atoms with E-state index in [2.05, 4.69) is 24.7 Å². The van der Waals surface area contributed by atoms with E-state index in [1.54, 1.807) is 36.9 Å². The molecule has 4 heterocycles. The first-order valence-corrected chi connectivity index (χ1v) is 12.2. The lowest BCUT2D eigenvalue weighted by atomic mass is 9.89. The topological polar surface area (TPSA) is 101 Å². The maximum atomic E-state index is 11.7. The molecular weight excluding hydrogens is 436 g/mol. The lowest BCUT2D eigenvalue weighted by Crippen LogP contribution is -2.16. The molecule has 0 aliphatic carbocycles. The van der Waals surface area contributed by atoms with Gasteiger partial charge < -0.3 is 4.90 Å². The van der Waals surface area contributed by atoms with Crippen molar-refractivity contribution < 1.29 is 8.42 Å². The van der Waals surface area contributed by atoms with Gasteiger partial charge in [-0.2, -0.15) is 0 Å². The van der Waals surface area contributed by atoms with Crippen LogP contribution in [0.5, 0.6) is 0 Å². The van der Waals surface area contributed by atoms with Crippen molar-refractivity contribution in [3.05, 3.63) is 102 Å². The maximum Gasteiger partial charge on any atom is 0.230 e. The van der Waals surface area contributed by atoms with Crippen molar-refractivity contribution in [3.8, 4) is 0 Å². The van der Waals surface area contributed by atoms with Gasteiger partial charge in [-0.1, -0.05) is 18.2 Å². The van der Waals surface area contributed by atoms with Crippen molar-refractivity contribution in [1.82, 2.24) is 19.9 Å². The van der Waals surface area contributed by atoms with Gasteiger partial charge in [0.1, 0.15) is 11.6 Å². The Morgan fingerprint density at radius 3 is 2.39 bits per heavy atom. The standard InChI is InChI=1S/C24H24N6O2S/c1-30(20-9-6-13-26-17-20)24-18(7-5-14-27-24)15-21(19-8-4-12-25-16-19)22-10-3-11-23(28-22)29-33(2,31)32/h3-14,16-17,21H,15H2,1-2H3,(H,28,29). The Morgan fingerprint density at radius 1 is 0.939 bits per heavy atom. The van der Waals surface area contributed by atoms with Crippen LogP contribution in [0.25, 0.3) is 0 Å². The van der Waals surface area contributed by atoms with Crippen LogP contribution in [-0.2, 0) is 16.4 Å². The zero-order chi connectivity index (χ0) is 23.3. The van der Waals surface area contributed by atoms with Crippen molar-refractivity contribution >= 4 is 27.3 Å². The van der Waals surface area contributed by atoms with E-state index in [0.29, 0.717) is 6.42 Å². The van der Waals surface area contributed by atoms with Gasteiger partial charge in [-0.25, -0.2) is 18.4 Å². The predicted molar refractivity (Wildman–Crippen MR) is 129 cm³/mol. The van der Waals surface area contributed by atoms with Crippen LogP contribution < -0.4 is 9.62 Å². The number of rotatable bonds is 8. The molecule has 0 spiro atoms. The molecule has 9 heteroatoms. The van der Waals surface area contributed by atoms with Crippen molar-refractivity contribution in [2.45, 2.75) is 12.3 Å². The Morgan fingerprint density at radius 2 is 1.70 bits per heavy atom. The summed E-state index contributed by atoms with van der Waals surface area (Å²) in [5.41, 5.74) is 3.64. The molecule has 0 amide bonds. The summed E-state index contributed by atoms with van der Waals surface area (Å²) in [6, 6.07) is 17.0. The summed E-state index contributed by atoms with van der Waals surface area (Å²) in [6.07, 6.45) is 10.5. The molecule has 1 N–H and O–H groups in total. The third-order valence-corrected chi connectivity index (χ3v) is 5.73. The number of sulfonamides is 1. The van der Waals surface area contributed by atoms with Crippen LogP contribution in [0.4, 0.5) is 17.3 Å². The second-order valence-corrected chi connectivity index (χ2v) is 9.37. The van der Waals surface area contributed by atoms with Crippen molar-refractivity contribution in [2.24, 2.45) is 0 Å². The van der Waals surface area contributed by atoms with Gasteiger partial charge >= 0.3 is 0 Å². The molecular formula is C24H24N6O2S. The van der Waals surface area contributed by atoms with E-state index < -0.39 is 10.0 Å². The highest BCUT2D eigenvalue weighted by Crippen LogP contribution is 2.32. The fourth-order valence-electron chi connectivity index (χ4n) is 3.65. The molecule has 0 bridgehead atoms. The van der Waals surface area contributed by atoms with Gasteiger partial charge in [-0.05, 0) is 53.9 Å². The van der Waals surface area contributed by atoms with Crippen molar-refractivity contribution in [3.63, 3.8) is 0 Å². The van der Waals surface area contributed by atoms with Crippen molar-refractivity contribution in [1.29, 1.82) is 0 Å². The normalized spacial score (nSPS) is 12.2. The second kappa shape index (κ2) is 9.74. The Kier molecular flexibility index (Phi) is 6.60. The first kappa shape index (κ1) is 22.3. The fourth-order valence-corrected chi connectivity index (χ4v) is 4.15. The molecule has 1 atom stereocenters. The molecule has 0 saturated carbocycles. The first-order chi connectivity index (χ1) is 15.9. The van der Waals surface area contributed by atoms with Crippen LogP contribution >= 0.6 is 0 Å². The quantitative estimate of drug-likeness (QED) is 0.427. The van der Waals surface area contributed by atoms with E-state index >= 15 is 0 Å². The van der Waals surface area contributed by atoms with Crippen LogP contribution in [0.15, 0.2) is 85.6 Å². The molecule has 4 rings (SSSR count). The lowest BCUT2D eigenvalue weighted by molar-refractivity contribution is 0.606. The highest BCUT2D eigenvalue weighted by molar-refractivity contribution is 7.92. The molecule has 0 aromatic carbocycles. The van der Waals surface area contributed by atoms with Crippen molar-refractivity contribution in [2.75, 3.05) is 22.9 Å². The average molecular weight is 461 g/mol. The monoisotopic (exact) mass is 460 g/mol. The first-order valence-electron chi connectivity index (χ1n) is 10.3. The van der Waals surface area contributed by atoms with E-state index in [1.165, 1.54) is 0 Å². The van der Waals surface area contributed by atoms with Crippen LogP contribution in [0.1, 0.15) is 22.7 Å². The largest absolute Gasteiger partial charge is 0.328 e. The van der Waals surface area contributed by atoms with E-state index in [-0.39, 0.29) is 11.7 Å². The predicted octanol–water partition coefficient (Wildman–Crippen LogP) is 3.78. The van der Waals surface area contributed by atoms with Crippen LogP contribution in [0, 0.1) is 0 Å². The molecule has 4 aromatic heterocycles. The molecule has 8 nitrogen and oxygen atoms in total. The number of anilines is 3. The smallest absolute Gasteiger partial charge is 0.230 e. The van der Waals surface area contributed by atoms with E-state index in [9.17, 15) is 8.42 Å². The number of pyridine rings is 4. The van der Waals surface area contributed by atoms with Gasteiger partial charge in [0.15, 0.2) is 0 Å². The van der Waals surface area contributed by atoms with Crippen LogP contribution in [0.3, 0.4) is 0 Å². The number of aromatic nitrogens is 4. The van der Waals surface area contributed by atoms with Gasteiger partial charge in [0.05, 0.1) is 23.8 Å². The average Bonchev–Trinajstić information content (AvgIpc) is 2.82. The fraction of sp³-hybridized carbons (Fsp3) is 0.167. The molecule has 0 aliphatic heterocycles. The summed E-state index contributed by atoms with van der Waals surface area (Å²) < 4.78 is 25.9. The van der Waals surface area contributed by atoms with E-state index in [4.69, 9.17) is 0 Å². The Bertz CT molecular complexity index is 1320. The minimum Gasteiger partial charge on any atom is -0.328 e. The SMILES string of the molecule is CN(c1cccnc1)c1ncccc1CC(c1cccnc1)c1cccc(NS(C)(=O)=O)n1. The minimum absolute atomic E-state index is 0.162. The third kappa shape index (κ3) is 5.69. The molecule has 4 aromatic rings. The number of hydrogen-bond acceptors (Lipinski definition) is 7. The Hall–Kier alpha value is -3.85. The Labute approximate surface area is 193 Å². The van der Waals surface area contributed by atoms with Crippen LogP contribution in [0.2, 0.25) is 0 Å². The van der Waals surface area contributed by atoms with E-state index in [0.717, 1.165) is 34.6 Å². The van der Waals surface area contributed by atoms with Gasteiger partial charge in [-0.15, -0.1) is 0 Å².